The summed E-state index contributed by atoms with van der Waals surface area (Å²) >= 11 is 6.05. The summed E-state index contributed by atoms with van der Waals surface area (Å²) in [6, 6.07) is 8.50. The van der Waals surface area contributed by atoms with Crippen LogP contribution >= 0.6 is 11.6 Å². The lowest BCUT2D eigenvalue weighted by atomic mass is 9.89. The van der Waals surface area contributed by atoms with Crippen LogP contribution in [0.25, 0.3) is 11.0 Å². The molecule has 158 valence electrons. The Kier molecular flexibility index (Phi) is 6.20. The monoisotopic (exact) mass is 427 g/mol. The molecule has 1 aliphatic heterocycles. The number of carbonyl (C=O) groups is 1. The van der Waals surface area contributed by atoms with Gasteiger partial charge in [-0.3, -0.25) is 4.79 Å². The molecule has 1 saturated heterocycles. The third-order valence-corrected chi connectivity index (χ3v) is 5.85. The molecule has 8 heteroatoms. The highest BCUT2D eigenvalue weighted by Gasteiger charge is 2.29. The average molecular weight is 428 g/mol. The van der Waals surface area contributed by atoms with Crippen LogP contribution < -0.4 is 10.2 Å². The maximum atomic E-state index is 13.1. The first kappa shape index (κ1) is 20.6. The number of hydrogen-bond donors (Lipinski definition) is 3. The molecule has 0 amide bonds. The number of halogens is 1. The first-order valence-electron chi connectivity index (χ1n) is 10.3. The Morgan fingerprint density at radius 1 is 1.40 bits per heavy atom. The summed E-state index contributed by atoms with van der Waals surface area (Å²) in [5.41, 5.74) is 1.54. The van der Waals surface area contributed by atoms with Gasteiger partial charge in [0.1, 0.15) is 23.8 Å². The first-order valence-corrected chi connectivity index (χ1v) is 10.6. The molecule has 1 aromatic carbocycles. The number of aromatic amines is 1. The molecule has 30 heavy (non-hydrogen) atoms. The van der Waals surface area contributed by atoms with Crippen LogP contribution in [0.15, 0.2) is 42.9 Å². The lowest BCUT2D eigenvalue weighted by Crippen LogP contribution is -2.42. The zero-order valence-electron chi connectivity index (χ0n) is 16.9. The van der Waals surface area contributed by atoms with Gasteiger partial charge in [0.25, 0.3) is 0 Å². The van der Waals surface area contributed by atoms with E-state index in [4.69, 9.17) is 11.6 Å². The minimum absolute atomic E-state index is 0.00584. The van der Waals surface area contributed by atoms with E-state index in [1.165, 1.54) is 0 Å². The van der Waals surface area contributed by atoms with E-state index >= 15 is 0 Å². The van der Waals surface area contributed by atoms with Gasteiger partial charge >= 0.3 is 0 Å². The predicted molar refractivity (Wildman–Crippen MR) is 119 cm³/mol. The number of rotatable bonds is 7. The van der Waals surface area contributed by atoms with Crippen molar-refractivity contribution in [1.82, 2.24) is 15.0 Å². The number of anilines is 2. The summed E-state index contributed by atoms with van der Waals surface area (Å²) in [5, 5.41) is 14.9. The van der Waals surface area contributed by atoms with E-state index in [-0.39, 0.29) is 11.7 Å². The van der Waals surface area contributed by atoms with Crippen molar-refractivity contribution in [3.05, 3.63) is 47.9 Å². The normalized spacial score (nSPS) is 18.9. The molecule has 7 nitrogen and oxygen atoms in total. The highest BCUT2D eigenvalue weighted by Crippen LogP contribution is 2.29. The van der Waals surface area contributed by atoms with Crippen molar-refractivity contribution in [2.24, 2.45) is 5.92 Å². The van der Waals surface area contributed by atoms with Crippen molar-refractivity contribution >= 4 is 39.9 Å². The predicted octanol–water partition coefficient (Wildman–Crippen LogP) is 3.65. The fourth-order valence-electron chi connectivity index (χ4n) is 4.17. The smallest absolute Gasteiger partial charge is 0.158 e. The number of benzene rings is 1. The van der Waals surface area contributed by atoms with Crippen LogP contribution in [-0.2, 0) is 4.79 Å². The first-order chi connectivity index (χ1) is 14.5. The van der Waals surface area contributed by atoms with E-state index in [0.717, 1.165) is 48.5 Å². The molecule has 0 radical (unpaired) electrons. The van der Waals surface area contributed by atoms with Crippen LogP contribution in [0.2, 0.25) is 5.02 Å². The summed E-state index contributed by atoms with van der Waals surface area (Å²) in [6.45, 7) is 3.30. The molecule has 3 heterocycles. The van der Waals surface area contributed by atoms with Gasteiger partial charge in [-0.2, -0.15) is 0 Å². The number of fused-ring (bicyclic) bond motifs is 1. The van der Waals surface area contributed by atoms with Crippen LogP contribution in [-0.4, -0.2) is 51.1 Å². The van der Waals surface area contributed by atoms with Crippen molar-refractivity contribution in [2.75, 3.05) is 23.3 Å². The van der Waals surface area contributed by atoms with E-state index in [0.29, 0.717) is 11.4 Å². The topological polar surface area (TPSA) is 94.1 Å². The van der Waals surface area contributed by atoms with Gasteiger partial charge in [0, 0.05) is 36.4 Å². The Hall–Kier alpha value is -2.64. The molecule has 3 aromatic rings. The molecule has 1 aliphatic rings. The summed E-state index contributed by atoms with van der Waals surface area (Å²) in [5.74, 6) is 1.12. The second-order valence-corrected chi connectivity index (χ2v) is 8.37. The third-order valence-electron chi connectivity index (χ3n) is 5.62. The maximum absolute atomic E-state index is 13.1. The summed E-state index contributed by atoms with van der Waals surface area (Å²) in [7, 11) is 0. The number of Topliss-reactive ketones (excluding diaryl/α,β-unsaturated/α-hetero) is 1. The highest BCUT2D eigenvalue weighted by molar-refractivity contribution is 6.30. The summed E-state index contributed by atoms with van der Waals surface area (Å²) < 4.78 is 0. The van der Waals surface area contributed by atoms with Gasteiger partial charge in [0.2, 0.25) is 0 Å². The number of carbonyl (C=O) groups excluding carboxylic acids is 1. The summed E-state index contributed by atoms with van der Waals surface area (Å²) in [6.07, 6.45) is 5.00. The quantitative estimate of drug-likeness (QED) is 0.532. The minimum Gasteiger partial charge on any atom is -0.391 e. The third kappa shape index (κ3) is 4.57. The van der Waals surface area contributed by atoms with Crippen LogP contribution in [0, 0.1) is 5.92 Å². The van der Waals surface area contributed by atoms with Crippen LogP contribution in [0.3, 0.4) is 0 Å². The molecule has 1 fully saturated rings. The lowest BCUT2D eigenvalue weighted by molar-refractivity contribution is -0.122. The second kappa shape index (κ2) is 9.02. The number of nitrogens with zero attached hydrogens (tertiary/aromatic N) is 3. The molecular weight excluding hydrogens is 402 g/mol. The Bertz CT molecular complexity index is 1020. The number of hydrogen-bond acceptors (Lipinski definition) is 6. The minimum atomic E-state index is -0.808. The molecule has 0 unspecified atom stereocenters. The molecule has 0 saturated carbocycles. The van der Waals surface area contributed by atoms with Gasteiger partial charge in [-0.05, 0) is 49.9 Å². The molecular formula is C22H26ClN5O2. The molecule has 0 spiro atoms. The van der Waals surface area contributed by atoms with Crippen LogP contribution in [0.4, 0.5) is 11.5 Å². The number of H-pyrrole nitrogens is 1. The average Bonchev–Trinajstić information content (AvgIpc) is 3.21. The van der Waals surface area contributed by atoms with Gasteiger partial charge in [0.05, 0.1) is 11.5 Å². The Morgan fingerprint density at radius 3 is 3.07 bits per heavy atom. The van der Waals surface area contributed by atoms with E-state index < -0.39 is 12.1 Å². The largest absolute Gasteiger partial charge is 0.391 e. The van der Waals surface area contributed by atoms with Crippen molar-refractivity contribution in [3.8, 4) is 0 Å². The number of piperidine rings is 1. The second-order valence-electron chi connectivity index (χ2n) is 7.93. The van der Waals surface area contributed by atoms with E-state index in [2.05, 4.69) is 25.2 Å². The molecule has 3 N–H and O–H groups in total. The number of aliphatic hydroxyl groups excluding tert-OH is 1. The maximum Gasteiger partial charge on any atom is 0.158 e. The Balaban J connectivity index is 1.44. The van der Waals surface area contributed by atoms with Crippen molar-refractivity contribution in [3.63, 3.8) is 0 Å². The van der Waals surface area contributed by atoms with Gasteiger partial charge in [-0.15, -0.1) is 0 Å². The van der Waals surface area contributed by atoms with Crippen molar-refractivity contribution in [2.45, 2.75) is 38.3 Å². The molecule has 0 bridgehead atoms. The fraction of sp³-hybridized carbons (Fsp3) is 0.409. The lowest BCUT2D eigenvalue weighted by Gasteiger charge is -2.34. The van der Waals surface area contributed by atoms with E-state index in [1.807, 2.05) is 24.4 Å². The van der Waals surface area contributed by atoms with E-state index in [1.54, 1.807) is 25.4 Å². The highest BCUT2D eigenvalue weighted by atomic mass is 35.5. The van der Waals surface area contributed by atoms with Gasteiger partial charge < -0.3 is 20.3 Å². The summed E-state index contributed by atoms with van der Waals surface area (Å²) in [4.78, 5) is 27.2. The molecule has 3 atom stereocenters. The fourth-order valence-corrected chi connectivity index (χ4v) is 4.36. The van der Waals surface area contributed by atoms with Crippen molar-refractivity contribution in [1.29, 1.82) is 0 Å². The standard InChI is InChI=1S/C22H26ClN5O2/c1-14(29)20(27-17-6-2-5-16(23)11-17)19(30)10-15-4-3-9-28(12-15)22-18-7-8-24-21(18)25-13-26-22/h2,5-8,11,13-15,20,27,29H,3-4,9-10,12H2,1H3,(H,24,25,26)/t14-,15-,20+/m0/s1. The number of ketones is 1. The Labute approximate surface area is 180 Å². The SMILES string of the molecule is C[C@H](O)[C@@H](Nc1cccc(Cl)c1)C(=O)C[C@@H]1CCCN(c2ncnc3[nH]ccc23)C1. The zero-order valence-corrected chi connectivity index (χ0v) is 17.6. The molecule has 2 aromatic heterocycles. The van der Waals surface area contributed by atoms with Gasteiger partial charge in [-0.1, -0.05) is 17.7 Å². The Morgan fingerprint density at radius 2 is 2.27 bits per heavy atom. The zero-order chi connectivity index (χ0) is 21.1. The number of nitrogens with one attached hydrogen (secondary N) is 2. The van der Waals surface area contributed by atoms with Gasteiger partial charge in [0.15, 0.2) is 5.78 Å². The van der Waals surface area contributed by atoms with Gasteiger partial charge in [-0.25, -0.2) is 9.97 Å². The number of aromatic nitrogens is 3. The number of aliphatic hydroxyl groups is 1. The molecule has 4 rings (SSSR count). The molecule has 0 aliphatic carbocycles. The van der Waals surface area contributed by atoms with Crippen LogP contribution in [0.5, 0.6) is 0 Å². The van der Waals surface area contributed by atoms with Crippen LogP contribution in [0.1, 0.15) is 26.2 Å². The van der Waals surface area contributed by atoms with Crippen molar-refractivity contribution < 1.29 is 9.90 Å². The van der Waals surface area contributed by atoms with E-state index in [9.17, 15) is 9.90 Å².